The van der Waals surface area contributed by atoms with Crippen molar-refractivity contribution in [1.29, 1.82) is 0 Å². The molecule has 6 heteroatoms. The molecular formula is C35H36N4O2. The number of benzene rings is 4. The van der Waals surface area contributed by atoms with Gasteiger partial charge in [-0.1, -0.05) is 104 Å². The van der Waals surface area contributed by atoms with Gasteiger partial charge in [0.1, 0.15) is 12.3 Å². The van der Waals surface area contributed by atoms with Crippen molar-refractivity contribution in [3.63, 3.8) is 0 Å². The molecule has 0 fully saturated rings. The quantitative estimate of drug-likeness (QED) is 0.0930. The maximum atomic E-state index is 13.2. The summed E-state index contributed by atoms with van der Waals surface area (Å²) in [6, 6.07) is 30.2. The predicted octanol–water partition coefficient (Wildman–Crippen LogP) is 6.96. The number of nitrogens with one attached hydrogen (secondary N) is 3. The van der Waals surface area contributed by atoms with Gasteiger partial charge in [-0.05, 0) is 58.2 Å². The van der Waals surface area contributed by atoms with E-state index in [0.29, 0.717) is 6.54 Å². The van der Waals surface area contributed by atoms with Gasteiger partial charge in [-0.15, -0.1) is 0 Å². The molecule has 5 N–H and O–H groups in total. The van der Waals surface area contributed by atoms with E-state index in [9.17, 15) is 9.59 Å². The van der Waals surface area contributed by atoms with Crippen LogP contribution in [-0.4, -0.2) is 19.2 Å². The van der Waals surface area contributed by atoms with Crippen molar-refractivity contribution in [2.75, 3.05) is 23.4 Å². The maximum absolute atomic E-state index is 13.2. The highest BCUT2D eigenvalue weighted by Crippen LogP contribution is 2.24. The van der Waals surface area contributed by atoms with E-state index in [0.717, 1.165) is 51.2 Å². The highest BCUT2D eigenvalue weighted by molar-refractivity contribution is 5.86. The molecule has 1 atom stereocenters. The Kier molecular flexibility index (Phi) is 11.7. The highest BCUT2D eigenvalue weighted by atomic mass is 16.2. The van der Waals surface area contributed by atoms with Gasteiger partial charge in [0.2, 0.25) is 5.91 Å². The van der Waals surface area contributed by atoms with Crippen LogP contribution in [0.3, 0.4) is 0 Å². The topological polar surface area (TPSA) is 96.2 Å². The fraction of sp³-hybridized carbons (Fsp3) is 0.0857. The number of carbonyl (C=O) groups is 2. The summed E-state index contributed by atoms with van der Waals surface area (Å²) in [5.74, 6) is -0.141. The summed E-state index contributed by atoms with van der Waals surface area (Å²) in [6.45, 7) is 8.13. The molecule has 0 spiro atoms. The Bertz CT molecular complexity index is 1480. The monoisotopic (exact) mass is 544 g/mol. The van der Waals surface area contributed by atoms with E-state index in [-0.39, 0.29) is 5.91 Å². The van der Waals surface area contributed by atoms with Gasteiger partial charge in [-0.25, -0.2) is 0 Å². The molecule has 0 aliphatic heterocycles. The van der Waals surface area contributed by atoms with Crippen LogP contribution in [-0.2, 0) is 16.1 Å². The number of hydrogen-bond donors (Lipinski definition) is 4. The summed E-state index contributed by atoms with van der Waals surface area (Å²) in [4.78, 5) is 23.8. The minimum absolute atomic E-state index is 0.141. The second-order valence-electron chi connectivity index (χ2n) is 9.03. The van der Waals surface area contributed by atoms with E-state index in [1.54, 1.807) is 18.2 Å². The molecule has 0 aromatic heterocycles. The Morgan fingerprint density at radius 3 is 2.17 bits per heavy atom. The molecule has 0 saturated heterocycles. The van der Waals surface area contributed by atoms with Crippen molar-refractivity contribution in [2.45, 2.75) is 12.6 Å². The molecule has 0 bridgehead atoms. The highest BCUT2D eigenvalue weighted by Gasteiger charge is 2.20. The lowest BCUT2D eigenvalue weighted by molar-refractivity contribution is -0.122. The third-order valence-corrected chi connectivity index (χ3v) is 6.28. The molecule has 4 aromatic carbocycles. The van der Waals surface area contributed by atoms with Crippen molar-refractivity contribution in [3.05, 3.63) is 144 Å². The van der Waals surface area contributed by atoms with E-state index in [2.05, 4.69) is 29.1 Å². The van der Waals surface area contributed by atoms with Crippen LogP contribution in [0.15, 0.2) is 116 Å². The predicted molar refractivity (Wildman–Crippen MR) is 173 cm³/mol. The smallest absolute Gasteiger partial charge is 0.247 e. The standard InChI is InChI=1S/C28H26N2O2.C7H10N2/c1-3-23-16-17-26(19-24(23)4-2)30-27(25-14-12-21(13-15-25)11-8-18-31)28(32)29-20-22-9-6-5-7-10-22;1-9-7-5-3-2-4-6(7)8/h3-19,27,30H,1-2,20H2,(H,29,32);2-5,9H,8H2,1H3/b11-8+;. The number of anilines is 3. The van der Waals surface area contributed by atoms with E-state index in [1.807, 2.05) is 104 Å². The first-order chi connectivity index (χ1) is 20.0. The molecular weight excluding hydrogens is 508 g/mol. The number of aldehydes is 1. The summed E-state index contributed by atoms with van der Waals surface area (Å²) in [6.07, 6.45) is 7.44. The Morgan fingerprint density at radius 1 is 0.878 bits per heavy atom. The number of rotatable bonds is 11. The van der Waals surface area contributed by atoms with Crippen LogP contribution in [0.4, 0.5) is 17.1 Å². The first kappa shape index (κ1) is 30.2. The second-order valence-corrected chi connectivity index (χ2v) is 9.03. The zero-order chi connectivity index (χ0) is 29.5. The van der Waals surface area contributed by atoms with Gasteiger partial charge in [-0.3, -0.25) is 9.59 Å². The molecule has 0 heterocycles. The third-order valence-electron chi connectivity index (χ3n) is 6.28. The first-order valence-electron chi connectivity index (χ1n) is 13.2. The summed E-state index contributed by atoms with van der Waals surface area (Å²) in [5.41, 5.74) is 12.8. The summed E-state index contributed by atoms with van der Waals surface area (Å²) < 4.78 is 0. The van der Waals surface area contributed by atoms with Gasteiger partial charge in [0, 0.05) is 19.3 Å². The normalized spacial score (nSPS) is 11.0. The summed E-state index contributed by atoms with van der Waals surface area (Å²) >= 11 is 0. The average molecular weight is 545 g/mol. The lowest BCUT2D eigenvalue weighted by atomic mass is 10.0. The minimum atomic E-state index is -0.602. The van der Waals surface area contributed by atoms with Gasteiger partial charge in [0.25, 0.3) is 0 Å². The zero-order valence-electron chi connectivity index (χ0n) is 23.2. The molecule has 0 aliphatic carbocycles. The molecule has 0 aliphatic rings. The number of nitrogen functional groups attached to an aromatic ring is 1. The molecule has 41 heavy (non-hydrogen) atoms. The zero-order valence-corrected chi connectivity index (χ0v) is 23.2. The number of carbonyl (C=O) groups excluding carboxylic acids is 2. The SMILES string of the molecule is C=Cc1ccc(NC(C(=O)NCc2ccccc2)c2ccc(/C=C/C=O)cc2)cc1C=C.CNc1ccccc1N. The van der Waals surface area contributed by atoms with Crippen molar-refractivity contribution < 1.29 is 9.59 Å². The van der Waals surface area contributed by atoms with Crippen molar-refractivity contribution in [3.8, 4) is 0 Å². The molecule has 208 valence electrons. The average Bonchev–Trinajstić information content (AvgIpc) is 3.02. The largest absolute Gasteiger partial charge is 0.397 e. The molecule has 4 rings (SSSR count). The molecule has 0 saturated carbocycles. The first-order valence-corrected chi connectivity index (χ1v) is 13.2. The minimum Gasteiger partial charge on any atom is -0.397 e. The van der Waals surface area contributed by atoms with Gasteiger partial charge in [-0.2, -0.15) is 0 Å². The molecule has 1 amide bonds. The number of nitrogens with two attached hydrogens (primary N) is 1. The van der Waals surface area contributed by atoms with E-state index in [1.165, 1.54) is 6.08 Å². The van der Waals surface area contributed by atoms with Crippen LogP contribution < -0.4 is 21.7 Å². The Hall–Kier alpha value is -5.36. The Labute approximate surface area is 242 Å². The molecule has 4 aromatic rings. The molecule has 1 unspecified atom stereocenters. The summed E-state index contributed by atoms with van der Waals surface area (Å²) in [5, 5.41) is 9.34. The van der Waals surface area contributed by atoms with Gasteiger partial charge in [0.15, 0.2) is 0 Å². The number of hydrogen-bond acceptors (Lipinski definition) is 5. The Balaban J connectivity index is 0.000000436. The number of para-hydroxylation sites is 2. The Morgan fingerprint density at radius 2 is 1.56 bits per heavy atom. The lowest BCUT2D eigenvalue weighted by Crippen LogP contribution is -2.33. The second kappa shape index (κ2) is 15.9. The maximum Gasteiger partial charge on any atom is 0.247 e. The third kappa shape index (κ3) is 9.11. The fourth-order valence-electron chi connectivity index (χ4n) is 4.06. The van der Waals surface area contributed by atoms with Gasteiger partial charge >= 0.3 is 0 Å². The van der Waals surface area contributed by atoms with Crippen LogP contribution in [0.25, 0.3) is 18.2 Å². The van der Waals surface area contributed by atoms with E-state index < -0.39 is 6.04 Å². The van der Waals surface area contributed by atoms with Crippen LogP contribution in [0.5, 0.6) is 0 Å². The lowest BCUT2D eigenvalue weighted by Gasteiger charge is -2.21. The van der Waals surface area contributed by atoms with Gasteiger partial charge < -0.3 is 21.7 Å². The molecule has 6 nitrogen and oxygen atoms in total. The fourth-order valence-corrected chi connectivity index (χ4v) is 4.06. The van der Waals surface area contributed by atoms with Crippen molar-refractivity contribution >= 4 is 47.5 Å². The van der Waals surface area contributed by atoms with Crippen molar-refractivity contribution in [2.24, 2.45) is 0 Å². The number of amides is 1. The van der Waals surface area contributed by atoms with E-state index >= 15 is 0 Å². The van der Waals surface area contributed by atoms with Crippen LogP contribution in [0.2, 0.25) is 0 Å². The van der Waals surface area contributed by atoms with Gasteiger partial charge in [0.05, 0.1) is 11.4 Å². The van der Waals surface area contributed by atoms with Crippen LogP contribution in [0.1, 0.15) is 33.9 Å². The van der Waals surface area contributed by atoms with Crippen LogP contribution in [0, 0.1) is 0 Å². The molecule has 0 radical (unpaired) electrons. The van der Waals surface area contributed by atoms with Crippen molar-refractivity contribution in [1.82, 2.24) is 5.32 Å². The van der Waals surface area contributed by atoms with E-state index in [4.69, 9.17) is 5.73 Å². The van der Waals surface area contributed by atoms with Crippen LogP contribution >= 0.6 is 0 Å². The number of allylic oxidation sites excluding steroid dienone is 1. The summed E-state index contributed by atoms with van der Waals surface area (Å²) in [7, 11) is 1.85.